The number of carbonyl (C=O) groups is 1. The van der Waals surface area contributed by atoms with Gasteiger partial charge in [-0.2, -0.15) is 0 Å². The van der Waals surface area contributed by atoms with E-state index in [0.29, 0.717) is 17.7 Å². The quantitative estimate of drug-likeness (QED) is 0.709. The van der Waals surface area contributed by atoms with Gasteiger partial charge in [-0.3, -0.25) is 4.79 Å². The van der Waals surface area contributed by atoms with Crippen molar-refractivity contribution in [1.29, 1.82) is 0 Å². The molecule has 4 heteroatoms. The minimum absolute atomic E-state index is 0.114. The van der Waals surface area contributed by atoms with E-state index < -0.39 is 28.1 Å². The summed E-state index contributed by atoms with van der Waals surface area (Å²) >= 11 is 0. The molecule has 0 amide bonds. The van der Waals surface area contributed by atoms with E-state index in [1.54, 1.807) is 0 Å². The highest BCUT2D eigenvalue weighted by atomic mass is 16.6. The molecule has 1 aromatic rings. The SMILES string of the molecule is CC1(C)CCC[C@]2(C)[C@]34C(=O)O[C@]12CC[C@]3(C)Oc1ccccc1[C@@H]4O. The number of para-hydroxylation sites is 1. The normalized spacial score (nSPS) is 47.9. The first-order chi connectivity index (χ1) is 12.2. The molecule has 3 fully saturated rings. The first-order valence-electron chi connectivity index (χ1n) is 9.85. The summed E-state index contributed by atoms with van der Waals surface area (Å²) in [5, 5.41) is 11.7. The number of ether oxygens (including phenoxy) is 2. The molecule has 1 spiro atoms. The molecule has 0 aromatic heterocycles. The van der Waals surface area contributed by atoms with E-state index in [1.165, 1.54) is 0 Å². The van der Waals surface area contributed by atoms with Gasteiger partial charge in [0.05, 0.1) is 0 Å². The Morgan fingerprint density at radius 3 is 2.50 bits per heavy atom. The van der Waals surface area contributed by atoms with Gasteiger partial charge in [-0.25, -0.2) is 0 Å². The largest absolute Gasteiger partial charge is 0.486 e. The molecule has 4 nitrogen and oxygen atoms in total. The number of benzene rings is 1. The van der Waals surface area contributed by atoms with Crippen molar-refractivity contribution in [2.75, 3.05) is 0 Å². The molecule has 2 saturated carbocycles. The number of rotatable bonds is 0. The molecular weight excluding hydrogens is 328 g/mol. The number of hydrogen-bond donors (Lipinski definition) is 1. The Kier molecular flexibility index (Phi) is 2.85. The van der Waals surface area contributed by atoms with Crippen LogP contribution in [0.3, 0.4) is 0 Å². The molecule has 2 aliphatic carbocycles. The van der Waals surface area contributed by atoms with Crippen LogP contribution in [0.5, 0.6) is 5.75 Å². The first-order valence-corrected chi connectivity index (χ1v) is 9.85. The number of aliphatic hydroxyl groups excluding tert-OH is 1. The van der Waals surface area contributed by atoms with Gasteiger partial charge in [0.25, 0.3) is 0 Å². The summed E-state index contributed by atoms with van der Waals surface area (Å²) in [5.41, 5.74) is -2.23. The molecule has 2 aliphatic heterocycles. The van der Waals surface area contributed by atoms with Gasteiger partial charge in [0.1, 0.15) is 28.5 Å². The zero-order valence-electron chi connectivity index (χ0n) is 16.1. The van der Waals surface area contributed by atoms with E-state index in [-0.39, 0.29) is 11.4 Å². The van der Waals surface area contributed by atoms with Gasteiger partial charge in [-0.05, 0) is 38.7 Å². The maximum Gasteiger partial charge on any atom is 0.320 e. The van der Waals surface area contributed by atoms with E-state index >= 15 is 0 Å². The standard InChI is InChI=1S/C22H28O4/c1-18(2)10-7-11-19(3)21(18)13-12-20(4)22(19,17(24)26-21)16(23)14-8-5-6-9-15(14)25-20/h5-6,8-9,16,23H,7,10-13H2,1-4H3/t16-,19-,20-,21+,22-/m0/s1. The number of carbonyl (C=O) groups excluding carboxylic acids is 1. The average Bonchev–Trinajstić information content (AvgIpc) is 2.70. The second kappa shape index (κ2) is 4.46. The summed E-state index contributed by atoms with van der Waals surface area (Å²) in [5.74, 6) is 0.427. The molecule has 0 unspecified atom stereocenters. The third-order valence-corrected chi connectivity index (χ3v) is 8.67. The Balaban J connectivity index is 1.83. The van der Waals surface area contributed by atoms with Gasteiger partial charge in [0, 0.05) is 16.4 Å². The zero-order valence-corrected chi connectivity index (χ0v) is 16.1. The van der Waals surface area contributed by atoms with Crippen LogP contribution in [0.4, 0.5) is 0 Å². The van der Waals surface area contributed by atoms with Crippen LogP contribution >= 0.6 is 0 Å². The lowest BCUT2D eigenvalue weighted by molar-refractivity contribution is -0.257. The lowest BCUT2D eigenvalue weighted by Gasteiger charge is -2.66. The van der Waals surface area contributed by atoms with Crippen LogP contribution in [-0.2, 0) is 9.53 Å². The maximum absolute atomic E-state index is 13.6. The van der Waals surface area contributed by atoms with Gasteiger partial charge in [-0.1, -0.05) is 45.4 Å². The molecule has 1 N–H and O–H groups in total. The maximum atomic E-state index is 13.6. The molecule has 0 radical (unpaired) electrons. The number of aliphatic hydroxyl groups is 1. The van der Waals surface area contributed by atoms with Crippen molar-refractivity contribution in [2.24, 2.45) is 16.2 Å². The van der Waals surface area contributed by atoms with E-state index in [0.717, 1.165) is 25.7 Å². The van der Waals surface area contributed by atoms with Crippen LogP contribution in [0.2, 0.25) is 0 Å². The van der Waals surface area contributed by atoms with Gasteiger partial charge in [0.2, 0.25) is 0 Å². The summed E-state index contributed by atoms with van der Waals surface area (Å²) in [6.45, 7) is 8.64. The summed E-state index contributed by atoms with van der Waals surface area (Å²) in [6.07, 6.45) is 3.54. The monoisotopic (exact) mass is 356 g/mol. The van der Waals surface area contributed by atoms with Crippen molar-refractivity contribution >= 4 is 5.97 Å². The third kappa shape index (κ3) is 1.38. The second-order valence-corrected chi connectivity index (χ2v) is 9.87. The fraction of sp³-hybridized carbons (Fsp3) is 0.682. The molecule has 1 saturated heterocycles. The number of hydrogen-bond acceptors (Lipinski definition) is 4. The van der Waals surface area contributed by atoms with Crippen LogP contribution in [0, 0.1) is 16.2 Å². The summed E-state index contributed by atoms with van der Waals surface area (Å²) in [7, 11) is 0. The molecule has 140 valence electrons. The van der Waals surface area contributed by atoms with Crippen LogP contribution in [-0.4, -0.2) is 22.3 Å². The fourth-order valence-corrected chi connectivity index (χ4v) is 7.45. The lowest BCUT2D eigenvalue weighted by atomic mass is 9.37. The van der Waals surface area contributed by atoms with Gasteiger partial charge < -0.3 is 14.6 Å². The number of esters is 1. The van der Waals surface area contributed by atoms with E-state index in [9.17, 15) is 9.90 Å². The lowest BCUT2D eigenvalue weighted by Crippen LogP contribution is -2.73. The predicted octanol–water partition coefficient (Wildman–Crippen LogP) is 4.16. The van der Waals surface area contributed by atoms with Crippen molar-refractivity contribution in [3.8, 4) is 5.75 Å². The van der Waals surface area contributed by atoms with E-state index in [2.05, 4.69) is 20.8 Å². The molecule has 4 aliphatic rings. The van der Waals surface area contributed by atoms with Crippen LogP contribution in [0.25, 0.3) is 0 Å². The van der Waals surface area contributed by atoms with Crippen molar-refractivity contribution in [3.63, 3.8) is 0 Å². The number of fused-ring (bicyclic) bond motifs is 1. The molecule has 2 bridgehead atoms. The Hall–Kier alpha value is -1.55. The summed E-state index contributed by atoms with van der Waals surface area (Å²) in [4.78, 5) is 13.6. The Morgan fingerprint density at radius 1 is 1.00 bits per heavy atom. The van der Waals surface area contributed by atoms with Gasteiger partial charge in [-0.15, -0.1) is 0 Å². The second-order valence-electron chi connectivity index (χ2n) is 9.87. The minimum Gasteiger partial charge on any atom is -0.486 e. The Morgan fingerprint density at radius 2 is 1.73 bits per heavy atom. The van der Waals surface area contributed by atoms with E-state index in [4.69, 9.17) is 9.47 Å². The van der Waals surface area contributed by atoms with E-state index in [1.807, 2.05) is 31.2 Å². The molecule has 5 rings (SSSR count). The van der Waals surface area contributed by atoms with Crippen molar-refractivity contribution in [3.05, 3.63) is 29.8 Å². The fourth-order valence-electron chi connectivity index (χ4n) is 7.45. The summed E-state index contributed by atoms with van der Waals surface area (Å²) < 4.78 is 12.8. The average molecular weight is 356 g/mol. The third-order valence-electron chi connectivity index (χ3n) is 8.67. The first kappa shape index (κ1) is 16.6. The predicted molar refractivity (Wildman–Crippen MR) is 96.7 cm³/mol. The van der Waals surface area contributed by atoms with Crippen molar-refractivity contribution in [1.82, 2.24) is 0 Å². The highest BCUT2D eigenvalue weighted by molar-refractivity contribution is 5.86. The molecule has 26 heavy (non-hydrogen) atoms. The Labute approximate surface area is 154 Å². The summed E-state index contributed by atoms with van der Waals surface area (Å²) in [6, 6.07) is 7.59. The van der Waals surface area contributed by atoms with Crippen molar-refractivity contribution < 1.29 is 19.4 Å². The molecular formula is C22H28O4. The van der Waals surface area contributed by atoms with Crippen LogP contribution in [0.1, 0.15) is 71.5 Å². The smallest absolute Gasteiger partial charge is 0.320 e. The van der Waals surface area contributed by atoms with Gasteiger partial charge >= 0.3 is 5.97 Å². The highest BCUT2D eigenvalue weighted by Crippen LogP contribution is 2.79. The zero-order chi connectivity index (χ0) is 18.6. The minimum atomic E-state index is -1.07. The van der Waals surface area contributed by atoms with Crippen LogP contribution < -0.4 is 4.74 Å². The van der Waals surface area contributed by atoms with Crippen LogP contribution in [0.15, 0.2) is 24.3 Å². The van der Waals surface area contributed by atoms with Gasteiger partial charge in [0.15, 0.2) is 0 Å². The molecule has 1 aromatic carbocycles. The topological polar surface area (TPSA) is 55.8 Å². The molecule has 2 heterocycles. The van der Waals surface area contributed by atoms with Crippen molar-refractivity contribution in [2.45, 2.75) is 77.1 Å². The highest BCUT2D eigenvalue weighted by Gasteiger charge is 2.87. The molecule has 5 atom stereocenters. The Bertz CT molecular complexity index is 816.